The Morgan fingerprint density at radius 2 is 1.76 bits per heavy atom. The molecule has 1 rings (SSSR count). The molecular weight excluding hydrogens is 210 g/mol. The van der Waals surface area contributed by atoms with Crippen LogP contribution in [0.5, 0.6) is 0 Å². The molecule has 1 N–H and O–H groups in total. The van der Waals surface area contributed by atoms with Crippen molar-refractivity contribution < 1.29 is 6.22 Å². The zero-order chi connectivity index (χ0) is 12.8. The van der Waals surface area contributed by atoms with Gasteiger partial charge < -0.3 is 5.32 Å². The Kier molecular flexibility index (Phi) is 5.36. The average Bonchev–Trinajstić information content (AvgIpc) is 2.28. The maximum absolute atomic E-state index is 11.9. The number of rotatable bonds is 6. The summed E-state index contributed by atoms with van der Waals surface area (Å²) in [6, 6.07) is 10.7. The molecular formula is C15H25NO. The highest BCUT2D eigenvalue weighted by atomic mass is 16.1. The molecule has 0 spiro atoms. The summed E-state index contributed by atoms with van der Waals surface area (Å²) >= 11 is 0. The molecule has 1 atom stereocenters. The number of carbonyl (C=O) groups excluding carboxylic acids is 1. The summed E-state index contributed by atoms with van der Waals surface area (Å²) < 4.78 is 0. The SMILES string of the molecule is CC(C)NC(CC(=O)C(C)C)c1ccccc1.[HH]. The summed E-state index contributed by atoms with van der Waals surface area (Å²) in [6.07, 6.45) is 0.569. The Morgan fingerprint density at radius 1 is 1.18 bits per heavy atom. The molecule has 0 aliphatic heterocycles. The molecule has 2 heteroatoms. The van der Waals surface area contributed by atoms with Gasteiger partial charge in [-0.05, 0) is 5.56 Å². The maximum atomic E-state index is 11.9. The minimum atomic E-state index is 0. The van der Waals surface area contributed by atoms with Gasteiger partial charge in [-0.3, -0.25) is 4.79 Å². The smallest absolute Gasteiger partial charge is 0.137 e. The van der Waals surface area contributed by atoms with E-state index < -0.39 is 0 Å². The van der Waals surface area contributed by atoms with Crippen LogP contribution in [-0.2, 0) is 4.79 Å². The molecule has 2 nitrogen and oxygen atoms in total. The zero-order valence-electron chi connectivity index (χ0n) is 11.2. The predicted molar refractivity (Wildman–Crippen MR) is 74.0 cm³/mol. The van der Waals surface area contributed by atoms with Crippen molar-refractivity contribution in [2.45, 2.75) is 46.2 Å². The highest BCUT2D eigenvalue weighted by molar-refractivity contribution is 5.81. The van der Waals surface area contributed by atoms with E-state index in [0.717, 1.165) is 0 Å². The van der Waals surface area contributed by atoms with Gasteiger partial charge in [0.15, 0.2) is 0 Å². The quantitative estimate of drug-likeness (QED) is 0.816. The molecule has 0 heterocycles. The van der Waals surface area contributed by atoms with Gasteiger partial charge in [0.25, 0.3) is 0 Å². The summed E-state index contributed by atoms with van der Waals surface area (Å²) in [5, 5.41) is 3.46. The lowest BCUT2D eigenvalue weighted by Crippen LogP contribution is -2.30. The highest BCUT2D eigenvalue weighted by Crippen LogP contribution is 2.19. The van der Waals surface area contributed by atoms with Gasteiger partial charge in [-0.2, -0.15) is 0 Å². The lowest BCUT2D eigenvalue weighted by atomic mass is 9.96. The minimum absolute atomic E-state index is 0. The fourth-order valence-corrected chi connectivity index (χ4v) is 1.80. The monoisotopic (exact) mass is 235 g/mol. The van der Waals surface area contributed by atoms with Crippen LogP contribution >= 0.6 is 0 Å². The summed E-state index contributed by atoms with van der Waals surface area (Å²) in [5.74, 6) is 0.419. The topological polar surface area (TPSA) is 29.1 Å². The van der Waals surface area contributed by atoms with E-state index in [1.165, 1.54) is 5.56 Å². The van der Waals surface area contributed by atoms with Crippen LogP contribution in [0, 0.1) is 5.92 Å². The Hall–Kier alpha value is -1.15. The number of Topliss-reactive ketones (excluding diaryl/α,β-unsaturated/α-hetero) is 1. The van der Waals surface area contributed by atoms with Crippen LogP contribution in [-0.4, -0.2) is 11.8 Å². The van der Waals surface area contributed by atoms with E-state index >= 15 is 0 Å². The van der Waals surface area contributed by atoms with E-state index in [-0.39, 0.29) is 13.4 Å². The fraction of sp³-hybridized carbons (Fsp3) is 0.533. The minimum Gasteiger partial charge on any atom is -0.307 e. The zero-order valence-corrected chi connectivity index (χ0v) is 11.2. The number of hydrogen-bond donors (Lipinski definition) is 1. The highest BCUT2D eigenvalue weighted by Gasteiger charge is 2.18. The molecule has 0 aliphatic rings. The van der Waals surface area contributed by atoms with Crippen LogP contribution in [0.3, 0.4) is 0 Å². The van der Waals surface area contributed by atoms with Crippen molar-refractivity contribution in [1.29, 1.82) is 0 Å². The molecule has 0 aliphatic carbocycles. The number of benzene rings is 1. The third-order valence-electron chi connectivity index (χ3n) is 2.79. The van der Waals surface area contributed by atoms with Gasteiger partial charge in [-0.1, -0.05) is 58.0 Å². The van der Waals surface area contributed by atoms with E-state index in [4.69, 9.17) is 0 Å². The van der Waals surface area contributed by atoms with Gasteiger partial charge in [-0.15, -0.1) is 0 Å². The summed E-state index contributed by atoms with van der Waals surface area (Å²) in [7, 11) is 0. The number of ketones is 1. The first-order valence-electron chi connectivity index (χ1n) is 6.34. The molecule has 96 valence electrons. The van der Waals surface area contributed by atoms with Crippen LogP contribution in [0.4, 0.5) is 0 Å². The van der Waals surface area contributed by atoms with Gasteiger partial charge >= 0.3 is 0 Å². The summed E-state index contributed by atoms with van der Waals surface area (Å²) in [4.78, 5) is 11.9. The van der Waals surface area contributed by atoms with Crippen molar-refractivity contribution in [2.24, 2.45) is 5.92 Å². The summed E-state index contributed by atoms with van der Waals surface area (Å²) in [6.45, 7) is 8.13. The molecule has 17 heavy (non-hydrogen) atoms. The molecule has 0 amide bonds. The fourth-order valence-electron chi connectivity index (χ4n) is 1.80. The third kappa shape index (κ3) is 4.70. The molecule has 0 saturated heterocycles. The molecule has 0 aromatic heterocycles. The Balaban J connectivity index is 0.00000289. The van der Waals surface area contributed by atoms with Gasteiger partial charge in [-0.25, -0.2) is 0 Å². The van der Waals surface area contributed by atoms with E-state index in [0.29, 0.717) is 18.2 Å². The number of hydrogen-bond acceptors (Lipinski definition) is 2. The molecule has 1 aromatic carbocycles. The van der Waals surface area contributed by atoms with E-state index in [1.807, 2.05) is 32.0 Å². The average molecular weight is 235 g/mol. The van der Waals surface area contributed by atoms with Gasteiger partial charge in [0.05, 0.1) is 0 Å². The Labute approximate surface area is 106 Å². The van der Waals surface area contributed by atoms with E-state index in [2.05, 4.69) is 31.3 Å². The van der Waals surface area contributed by atoms with Crippen molar-refractivity contribution >= 4 is 5.78 Å². The second kappa shape index (κ2) is 6.55. The van der Waals surface area contributed by atoms with Crippen molar-refractivity contribution in [3.63, 3.8) is 0 Å². The van der Waals surface area contributed by atoms with E-state index in [1.54, 1.807) is 0 Å². The van der Waals surface area contributed by atoms with Crippen molar-refractivity contribution in [1.82, 2.24) is 5.32 Å². The first kappa shape index (κ1) is 13.9. The normalized spacial score (nSPS) is 13.1. The maximum Gasteiger partial charge on any atom is 0.137 e. The van der Waals surface area contributed by atoms with Crippen LogP contribution < -0.4 is 5.32 Å². The molecule has 0 saturated carbocycles. The first-order chi connectivity index (χ1) is 8.00. The van der Waals surface area contributed by atoms with Crippen LogP contribution in [0.1, 0.15) is 47.1 Å². The lowest BCUT2D eigenvalue weighted by Gasteiger charge is -2.22. The van der Waals surface area contributed by atoms with Crippen molar-refractivity contribution in [3.8, 4) is 0 Å². The largest absolute Gasteiger partial charge is 0.307 e. The Morgan fingerprint density at radius 3 is 2.24 bits per heavy atom. The van der Waals surface area contributed by atoms with Crippen molar-refractivity contribution in [2.75, 3.05) is 0 Å². The van der Waals surface area contributed by atoms with E-state index in [9.17, 15) is 4.79 Å². The third-order valence-corrected chi connectivity index (χ3v) is 2.79. The first-order valence-corrected chi connectivity index (χ1v) is 6.34. The van der Waals surface area contributed by atoms with Gasteiger partial charge in [0, 0.05) is 25.8 Å². The molecule has 0 fully saturated rings. The second-order valence-electron chi connectivity index (χ2n) is 5.11. The summed E-state index contributed by atoms with van der Waals surface area (Å²) in [5.41, 5.74) is 1.19. The van der Waals surface area contributed by atoms with Gasteiger partial charge in [0.1, 0.15) is 5.78 Å². The number of nitrogens with one attached hydrogen (secondary N) is 1. The second-order valence-corrected chi connectivity index (χ2v) is 5.11. The standard InChI is InChI=1S/C15H23NO.H2/c1-11(2)15(17)10-14(16-12(3)4)13-8-6-5-7-9-13;/h5-9,11-12,14,16H,10H2,1-4H3;1H. The van der Waals surface area contributed by atoms with Gasteiger partial charge in [0.2, 0.25) is 0 Å². The van der Waals surface area contributed by atoms with Crippen molar-refractivity contribution in [3.05, 3.63) is 35.9 Å². The molecule has 1 aromatic rings. The molecule has 1 unspecified atom stereocenters. The number of carbonyl (C=O) groups is 1. The Bertz CT molecular complexity index is 349. The molecule has 0 bridgehead atoms. The van der Waals surface area contributed by atoms with Crippen LogP contribution in [0.2, 0.25) is 0 Å². The predicted octanol–water partition coefficient (Wildman–Crippen LogP) is 3.59. The van der Waals surface area contributed by atoms with Crippen LogP contribution in [0.15, 0.2) is 30.3 Å². The molecule has 0 radical (unpaired) electrons. The lowest BCUT2D eigenvalue weighted by molar-refractivity contribution is -0.122. The van der Waals surface area contributed by atoms with Crippen LogP contribution in [0.25, 0.3) is 0 Å².